The highest BCUT2D eigenvalue weighted by molar-refractivity contribution is 14.0. The SMILES string of the molecule is CCNC(=NCc1cccc(CN(C)C)c1)NCCc1nc(C(F)(F)F)cs1.I. The summed E-state index contributed by atoms with van der Waals surface area (Å²) < 4.78 is 37.8. The van der Waals surface area contributed by atoms with Gasteiger partial charge in [-0.1, -0.05) is 24.3 Å². The molecule has 0 saturated heterocycles. The Balaban J connectivity index is 0.00000420. The van der Waals surface area contributed by atoms with Gasteiger partial charge in [0, 0.05) is 31.4 Å². The molecule has 2 rings (SSSR count). The second kappa shape index (κ2) is 12.3. The van der Waals surface area contributed by atoms with Crippen LogP contribution in [0.1, 0.15) is 28.8 Å². The van der Waals surface area contributed by atoms with Crippen LogP contribution < -0.4 is 10.6 Å². The van der Waals surface area contributed by atoms with Crippen LogP contribution in [0.15, 0.2) is 34.6 Å². The van der Waals surface area contributed by atoms with Crippen molar-refractivity contribution in [1.29, 1.82) is 0 Å². The lowest BCUT2D eigenvalue weighted by Gasteiger charge is -2.12. The van der Waals surface area contributed by atoms with Crippen LogP contribution in [-0.2, 0) is 25.7 Å². The number of aromatic nitrogens is 1. The third-order valence-corrected chi connectivity index (χ3v) is 4.64. The summed E-state index contributed by atoms with van der Waals surface area (Å²) in [4.78, 5) is 10.3. The van der Waals surface area contributed by atoms with E-state index >= 15 is 0 Å². The number of halogens is 4. The molecule has 0 aliphatic rings. The number of hydrogen-bond acceptors (Lipinski definition) is 4. The van der Waals surface area contributed by atoms with Gasteiger partial charge in [-0.05, 0) is 32.1 Å². The van der Waals surface area contributed by atoms with Crippen molar-refractivity contribution in [2.75, 3.05) is 27.2 Å². The number of guanidine groups is 1. The quantitative estimate of drug-likeness (QED) is 0.300. The molecule has 0 radical (unpaired) electrons. The van der Waals surface area contributed by atoms with Crippen LogP contribution in [0.25, 0.3) is 0 Å². The highest BCUT2D eigenvalue weighted by atomic mass is 127. The Bertz CT molecular complexity index is 777. The molecule has 0 unspecified atom stereocenters. The lowest BCUT2D eigenvalue weighted by Crippen LogP contribution is -2.38. The minimum atomic E-state index is -4.39. The average molecular weight is 541 g/mol. The molecule has 162 valence electrons. The van der Waals surface area contributed by atoms with Crippen molar-refractivity contribution >= 4 is 41.3 Å². The number of thiazole rings is 1. The fourth-order valence-corrected chi connectivity index (χ4v) is 3.35. The average Bonchev–Trinajstić information content (AvgIpc) is 3.09. The third kappa shape index (κ3) is 9.30. The molecule has 0 atom stereocenters. The van der Waals surface area contributed by atoms with Crippen LogP contribution in [0.5, 0.6) is 0 Å². The summed E-state index contributed by atoms with van der Waals surface area (Å²) in [7, 11) is 4.05. The van der Waals surface area contributed by atoms with E-state index in [4.69, 9.17) is 0 Å². The van der Waals surface area contributed by atoms with Gasteiger partial charge >= 0.3 is 6.18 Å². The fourth-order valence-electron chi connectivity index (χ4n) is 2.55. The largest absolute Gasteiger partial charge is 0.434 e. The van der Waals surface area contributed by atoms with E-state index in [1.165, 1.54) is 5.56 Å². The van der Waals surface area contributed by atoms with Crippen molar-refractivity contribution in [1.82, 2.24) is 20.5 Å². The van der Waals surface area contributed by atoms with Crippen LogP contribution in [0, 0.1) is 0 Å². The van der Waals surface area contributed by atoms with Crippen LogP contribution in [0.4, 0.5) is 13.2 Å². The number of nitrogens with one attached hydrogen (secondary N) is 2. The van der Waals surface area contributed by atoms with E-state index < -0.39 is 11.9 Å². The zero-order valence-electron chi connectivity index (χ0n) is 16.7. The smallest absolute Gasteiger partial charge is 0.357 e. The molecule has 0 spiro atoms. The van der Waals surface area contributed by atoms with Crippen LogP contribution in [0.2, 0.25) is 0 Å². The Labute approximate surface area is 190 Å². The van der Waals surface area contributed by atoms with Crippen LogP contribution in [-0.4, -0.2) is 43.0 Å². The van der Waals surface area contributed by atoms with Gasteiger partial charge in [-0.3, -0.25) is 0 Å². The Kier molecular flexibility index (Phi) is 10.9. The van der Waals surface area contributed by atoms with E-state index in [2.05, 4.69) is 37.6 Å². The van der Waals surface area contributed by atoms with Crippen molar-refractivity contribution in [3.8, 4) is 0 Å². The Hall–Kier alpha value is -1.40. The number of benzene rings is 1. The molecule has 2 N–H and O–H groups in total. The topological polar surface area (TPSA) is 52.6 Å². The monoisotopic (exact) mass is 541 g/mol. The Morgan fingerprint density at radius 2 is 1.93 bits per heavy atom. The van der Waals surface area contributed by atoms with E-state index in [1.807, 2.05) is 33.2 Å². The second-order valence-corrected chi connectivity index (χ2v) is 7.50. The van der Waals surface area contributed by atoms with Gasteiger partial charge in [0.2, 0.25) is 0 Å². The standard InChI is InChI=1S/C19H26F3N5S.HI/c1-4-23-18(24-9-8-17-26-16(13-28-17)19(20,21)22)25-11-14-6-5-7-15(10-14)12-27(2)3;/h5-7,10,13H,4,8-9,11-12H2,1-3H3,(H2,23,24,25);1H. The second-order valence-electron chi connectivity index (χ2n) is 6.55. The molecule has 0 amide bonds. The molecule has 0 bridgehead atoms. The number of rotatable bonds is 8. The molecule has 0 saturated carbocycles. The zero-order chi connectivity index (χ0) is 20.6. The lowest BCUT2D eigenvalue weighted by atomic mass is 10.1. The molecule has 1 aromatic carbocycles. The summed E-state index contributed by atoms with van der Waals surface area (Å²) in [6.45, 7) is 4.50. The summed E-state index contributed by atoms with van der Waals surface area (Å²) in [6.07, 6.45) is -3.98. The van der Waals surface area contributed by atoms with Gasteiger partial charge in [0.05, 0.1) is 11.6 Å². The lowest BCUT2D eigenvalue weighted by molar-refractivity contribution is -0.140. The van der Waals surface area contributed by atoms with Crippen molar-refractivity contribution in [3.05, 3.63) is 51.5 Å². The molecule has 10 heteroatoms. The van der Waals surface area contributed by atoms with Crippen LogP contribution in [0.3, 0.4) is 0 Å². The van der Waals surface area contributed by atoms with E-state index in [0.29, 0.717) is 37.0 Å². The summed E-state index contributed by atoms with van der Waals surface area (Å²) >= 11 is 1.02. The van der Waals surface area contributed by atoms with Crippen molar-refractivity contribution in [2.45, 2.75) is 32.6 Å². The summed E-state index contributed by atoms with van der Waals surface area (Å²) in [5.74, 6) is 0.633. The van der Waals surface area contributed by atoms with Gasteiger partial charge in [-0.2, -0.15) is 13.2 Å². The molecule has 5 nitrogen and oxygen atoms in total. The number of hydrogen-bond donors (Lipinski definition) is 2. The summed E-state index contributed by atoms with van der Waals surface area (Å²) in [5, 5.41) is 7.80. The third-order valence-electron chi connectivity index (χ3n) is 3.73. The first kappa shape index (κ1) is 25.6. The predicted molar refractivity (Wildman–Crippen MR) is 123 cm³/mol. The maximum atomic E-state index is 12.6. The van der Waals surface area contributed by atoms with Gasteiger partial charge in [0.25, 0.3) is 0 Å². The minimum Gasteiger partial charge on any atom is -0.357 e. The first-order valence-electron chi connectivity index (χ1n) is 9.04. The molecule has 1 heterocycles. The fraction of sp³-hybridized carbons (Fsp3) is 0.474. The van der Waals surface area contributed by atoms with E-state index in [-0.39, 0.29) is 24.0 Å². The molecule has 0 aliphatic heterocycles. The summed E-state index contributed by atoms with van der Waals surface area (Å²) in [6, 6.07) is 8.26. The van der Waals surface area contributed by atoms with Crippen LogP contribution >= 0.6 is 35.3 Å². The zero-order valence-corrected chi connectivity index (χ0v) is 19.9. The first-order valence-corrected chi connectivity index (χ1v) is 9.92. The molecular formula is C19H27F3IN5S. The number of alkyl halides is 3. The molecule has 29 heavy (non-hydrogen) atoms. The van der Waals surface area contributed by atoms with E-state index in [9.17, 15) is 13.2 Å². The van der Waals surface area contributed by atoms with Gasteiger partial charge in [0.1, 0.15) is 0 Å². The highest BCUT2D eigenvalue weighted by Crippen LogP contribution is 2.29. The highest BCUT2D eigenvalue weighted by Gasteiger charge is 2.33. The van der Waals surface area contributed by atoms with Gasteiger partial charge in [-0.15, -0.1) is 35.3 Å². The predicted octanol–water partition coefficient (Wildman–Crippen LogP) is 4.14. The Morgan fingerprint density at radius 1 is 1.21 bits per heavy atom. The normalized spacial score (nSPS) is 12.0. The maximum Gasteiger partial charge on any atom is 0.434 e. The first-order chi connectivity index (χ1) is 13.3. The van der Waals surface area contributed by atoms with Gasteiger partial charge in [0.15, 0.2) is 11.7 Å². The summed E-state index contributed by atoms with van der Waals surface area (Å²) in [5.41, 5.74) is 1.50. The van der Waals surface area contributed by atoms with Crippen molar-refractivity contribution < 1.29 is 13.2 Å². The molecular weight excluding hydrogens is 514 g/mol. The van der Waals surface area contributed by atoms with E-state index in [1.54, 1.807) is 0 Å². The van der Waals surface area contributed by atoms with Crippen molar-refractivity contribution in [3.63, 3.8) is 0 Å². The molecule has 0 aliphatic carbocycles. The molecule has 1 aromatic heterocycles. The van der Waals surface area contributed by atoms with Gasteiger partial charge < -0.3 is 15.5 Å². The van der Waals surface area contributed by atoms with Crippen molar-refractivity contribution in [2.24, 2.45) is 4.99 Å². The molecule has 2 aromatic rings. The maximum absolute atomic E-state index is 12.6. The Morgan fingerprint density at radius 3 is 2.55 bits per heavy atom. The minimum absolute atomic E-state index is 0. The molecule has 0 fully saturated rings. The number of nitrogens with zero attached hydrogens (tertiary/aromatic N) is 3. The van der Waals surface area contributed by atoms with Gasteiger partial charge in [-0.25, -0.2) is 9.98 Å². The number of aliphatic imine (C=N–C) groups is 1. The van der Waals surface area contributed by atoms with E-state index in [0.717, 1.165) is 28.8 Å².